The van der Waals surface area contributed by atoms with Crippen LogP contribution in [0.3, 0.4) is 0 Å². The van der Waals surface area contributed by atoms with Crippen LogP contribution < -0.4 is 0 Å². The van der Waals surface area contributed by atoms with Gasteiger partial charge in [0.25, 0.3) is 11.8 Å². The number of carbonyl (C=O) groups is 1. The van der Waals surface area contributed by atoms with E-state index in [1.54, 1.807) is 0 Å². The summed E-state index contributed by atoms with van der Waals surface area (Å²) in [6, 6.07) is 0. The first-order valence-corrected chi connectivity index (χ1v) is 3.77. The van der Waals surface area contributed by atoms with Crippen LogP contribution in [-0.2, 0) is 4.79 Å². The Morgan fingerprint density at radius 2 is 2.25 bits per heavy atom. The Kier molecular flexibility index (Phi) is 2.32. The summed E-state index contributed by atoms with van der Waals surface area (Å²) >= 11 is 0. The lowest BCUT2D eigenvalue weighted by atomic mass is 10.3. The minimum absolute atomic E-state index is 0.0384. The molecule has 70 valence electrons. The lowest BCUT2D eigenvalue weighted by molar-refractivity contribution is -0.139. The van der Waals surface area contributed by atoms with E-state index in [1.165, 1.54) is 6.92 Å². The number of rotatable bonds is 1. The summed E-state index contributed by atoms with van der Waals surface area (Å²) in [5.74, 6) is -3.39. The summed E-state index contributed by atoms with van der Waals surface area (Å²) in [6.45, 7) is 0.756. The van der Waals surface area contributed by atoms with Gasteiger partial charge >= 0.3 is 0 Å². The van der Waals surface area contributed by atoms with Crippen LogP contribution in [-0.4, -0.2) is 41.0 Å². The van der Waals surface area contributed by atoms with E-state index in [-0.39, 0.29) is 13.0 Å². The number of carbonyl (C=O) groups excluding carboxylic acids is 1. The van der Waals surface area contributed by atoms with Gasteiger partial charge in [0.15, 0.2) is 0 Å². The van der Waals surface area contributed by atoms with E-state index in [0.29, 0.717) is 0 Å². The molecule has 1 amide bonds. The largest absolute Gasteiger partial charge is 0.384 e. The monoisotopic (exact) mass is 179 g/mol. The molecule has 3 nitrogen and oxygen atoms in total. The van der Waals surface area contributed by atoms with E-state index in [9.17, 15) is 13.6 Å². The molecule has 0 bridgehead atoms. The molecule has 0 radical (unpaired) electrons. The van der Waals surface area contributed by atoms with Crippen molar-refractivity contribution in [2.45, 2.75) is 25.4 Å². The van der Waals surface area contributed by atoms with Gasteiger partial charge in [0.05, 0.1) is 6.54 Å². The molecule has 1 aliphatic heterocycles. The molecule has 1 rings (SSSR count). The smallest absolute Gasteiger partial charge is 0.267 e. The van der Waals surface area contributed by atoms with Gasteiger partial charge < -0.3 is 10.0 Å². The highest BCUT2D eigenvalue weighted by molar-refractivity contribution is 5.80. The maximum absolute atomic E-state index is 12.5. The van der Waals surface area contributed by atoms with Gasteiger partial charge in [-0.05, 0) is 6.92 Å². The Labute approximate surface area is 69.0 Å². The van der Waals surface area contributed by atoms with Crippen LogP contribution in [0.25, 0.3) is 0 Å². The average molecular weight is 179 g/mol. The third-order valence-electron chi connectivity index (χ3n) is 1.84. The van der Waals surface area contributed by atoms with Crippen LogP contribution in [0.2, 0.25) is 0 Å². The highest BCUT2D eigenvalue weighted by atomic mass is 19.3. The molecule has 1 N–H and O–H groups in total. The molecule has 0 aromatic rings. The first-order chi connectivity index (χ1) is 5.42. The second-order valence-electron chi connectivity index (χ2n) is 3.04. The Morgan fingerprint density at radius 1 is 1.67 bits per heavy atom. The molecule has 0 aliphatic carbocycles. The molecule has 12 heavy (non-hydrogen) atoms. The number of alkyl halides is 2. The van der Waals surface area contributed by atoms with Crippen molar-refractivity contribution in [1.29, 1.82) is 0 Å². The molecule has 1 heterocycles. The number of aliphatic hydroxyl groups excluding tert-OH is 1. The molecular weight excluding hydrogens is 168 g/mol. The molecule has 0 aromatic heterocycles. The number of amides is 1. The molecule has 0 saturated carbocycles. The van der Waals surface area contributed by atoms with Gasteiger partial charge in [-0.15, -0.1) is 0 Å². The van der Waals surface area contributed by atoms with Gasteiger partial charge in [0.1, 0.15) is 6.10 Å². The SMILES string of the molecule is C[C@H](O)C(=O)N1CCC(F)(F)C1. The summed E-state index contributed by atoms with van der Waals surface area (Å²) in [7, 11) is 0. The minimum atomic E-state index is -2.77. The fourth-order valence-electron chi connectivity index (χ4n) is 1.19. The van der Waals surface area contributed by atoms with Crippen LogP contribution in [0.5, 0.6) is 0 Å². The number of likely N-dealkylation sites (tertiary alicyclic amines) is 1. The zero-order chi connectivity index (χ0) is 9.35. The number of halogens is 2. The van der Waals surface area contributed by atoms with Gasteiger partial charge in [-0.25, -0.2) is 8.78 Å². The van der Waals surface area contributed by atoms with Crippen molar-refractivity contribution in [2.75, 3.05) is 13.1 Å². The second kappa shape index (κ2) is 2.97. The predicted octanol–water partition coefficient (Wildman–Crippen LogP) is 0.235. The molecular formula is C7H11F2NO2. The summed E-state index contributed by atoms with van der Waals surface area (Å²) in [5, 5.41) is 8.82. The quantitative estimate of drug-likeness (QED) is 0.626. The van der Waals surface area contributed by atoms with Crippen LogP contribution in [0.1, 0.15) is 13.3 Å². The molecule has 1 aliphatic rings. The van der Waals surface area contributed by atoms with E-state index < -0.39 is 24.5 Å². The Hall–Kier alpha value is -0.710. The topological polar surface area (TPSA) is 40.5 Å². The number of hydrogen-bond donors (Lipinski definition) is 1. The third-order valence-corrected chi connectivity index (χ3v) is 1.84. The molecule has 5 heteroatoms. The second-order valence-corrected chi connectivity index (χ2v) is 3.04. The highest BCUT2D eigenvalue weighted by Crippen LogP contribution is 2.26. The summed E-state index contributed by atoms with van der Waals surface area (Å²) in [5.41, 5.74) is 0. The number of nitrogens with zero attached hydrogens (tertiary/aromatic N) is 1. The van der Waals surface area contributed by atoms with Crippen LogP contribution in [0, 0.1) is 0 Å². The fourth-order valence-corrected chi connectivity index (χ4v) is 1.19. The minimum Gasteiger partial charge on any atom is -0.384 e. The van der Waals surface area contributed by atoms with Crippen molar-refractivity contribution in [3.63, 3.8) is 0 Å². The van der Waals surface area contributed by atoms with Gasteiger partial charge in [-0.1, -0.05) is 0 Å². The number of hydrogen-bond acceptors (Lipinski definition) is 2. The van der Waals surface area contributed by atoms with Crippen molar-refractivity contribution in [3.8, 4) is 0 Å². The lowest BCUT2D eigenvalue weighted by Gasteiger charge is -2.17. The zero-order valence-electron chi connectivity index (χ0n) is 6.76. The van der Waals surface area contributed by atoms with Crippen LogP contribution in [0.4, 0.5) is 8.78 Å². The molecule has 1 atom stereocenters. The summed E-state index contributed by atoms with van der Waals surface area (Å²) in [6.07, 6.45) is -1.48. The average Bonchev–Trinajstić information content (AvgIpc) is 2.28. The summed E-state index contributed by atoms with van der Waals surface area (Å²) < 4.78 is 25.1. The Bertz CT molecular complexity index is 194. The van der Waals surface area contributed by atoms with Gasteiger partial charge in [-0.2, -0.15) is 0 Å². The maximum atomic E-state index is 12.5. The van der Waals surface area contributed by atoms with E-state index >= 15 is 0 Å². The van der Waals surface area contributed by atoms with E-state index in [1.807, 2.05) is 0 Å². The first-order valence-electron chi connectivity index (χ1n) is 3.77. The molecule has 1 saturated heterocycles. The normalized spacial score (nSPS) is 24.2. The standard InChI is InChI=1S/C7H11F2NO2/c1-5(11)6(12)10-3-2-7(8,9)4-10/h5,11H,2-4H2,1H3/t5-/m0/s1. The summed E-state index contributed by atoms with van der Waals surface area (Å²) in [4.78, 5) is 12.0. The molecule has 1 fully saturated rings. The van der Waals surface area contributed by atoms with E-state index in [2.05, 4.69) is 0 Å². The highest BCUT2D eigenvalue weighted by Gasteiger charge is 2.40. The van der Waals surface area contributed by atoms with Crippen molar-refractivity contribution in [3.05, 3.63) is 0 Å². The zero-order valence-corrected chi connectivity index (χ0v) is 6.76. The van der Waals surface area contributed by atoms with Crippen LogP contribution in [0.15, 0.2) is 0 Å². The molecule has 0 spiro atoms. The van der Waals surface area contributed by atoms with Gasteiger partial charge in [0.2, 0.25) is 0 Å². The first kappa shape index (κ1) is 9.38. The van der Waals surface area contributed by atoms with Crippen LogP contribution >= 0.6 is 0 Å². The maximum Gasteiger partial charge on any atom is 0.267 e. The Balaban J connectivity index is 2.53. The number of aliphatic hydroxyl groups is 1. The fraction of sp³-hybridized carbons (Fsp3) is 0.857. The predicted molar refractivity (Wildman–Crippen MR) is 37.8 cm³/mol. The molecule has 0 unspecified atom stereocenters. The van der Waals surface area contributed by atoms with E-state index in [0.717, 1.165) is 4.90 Å². The Morgan fingerprint density at radius 3 is 2.58 bits per heavy atom. The molecule has 0 aromatic carbocycles. The van der Waals surface area contributed by atoms with Crippen molar-refractivity contribution in [2.24, 2.45) is 0 Å². The van der Waals surface area contributed by atoms with Crippen molar-refractivity contribution < 1.29 is 18.7 Å². The van der Waals surface area contributed by atoms with E-state index in [4.69, 9.17) is 5.11 Å². The third kappa shape index (κ3) is 1.91. The van der Waals surface area contributed by atoms with Gasteiger partial charge in [0, 0.05) is 13.0 Å². The lowest BCUT2D eigenvalue weighted by Crippen LogP contribution is -2.37. The van der Waals surface area contributed by atoms with Crippen molar-refractivity contribution in [1.82, 2.24) is 4.90 Å². The van der Waals surface area contributed by atoms with Gasteiger partial charge in [-0.3, -0.25) is 4.79 Å². The van der Waals surface area contributed by atoms with Crippen molar-refractivity contribution >= 4 is 5.91 Å².